The zero-order chi connectivity index (χ0) is 21.6. The molecule has 8 nitrogen and oxygen atoms in total. The van der Waals surface area contributed by atoms with Crippen molar-refractivity contribution in [2.45, 2.75) is 45.2 Å². The van der Waals surface area contributed by atoms with Crippen LogP contribution in [0.1, 0.15) is 39.2 Å². The Balaban J connectivity index is 1.78. The van der Waals surface area contributed by atoms with Crippen LogP contribution in [0.5, 0.6) is 5.75 Å². The maximum Gasteiger partial charge on any atom is 0.329 e. The third-order valence-corrected chi connectivity index (χ3v) is 6.57. The fraction of sp³-hybridized carbons (Fsp3) is 0.591. The number of nitrogens with one attached hydrogen (secondary N) is 2. The summed E-state index contributed by atoms with van der Waals surface area (Å²) in [5.41, 5.74) is 0.217. The van der Waals surface area contributed by atoms with E-state index in [1.807, 2.05) is 27.0 Å². The molecule has 2 atom stereocenters. The Morgan fingerprint density at radius 1 is 1.30 bits per heavy atom. The van der Waals surface area contributed by atoms with Crippen molar-refractivity contribution < 1.29 is 4.74 Å². The van der Waals surface area contributed by atoms with Crippen molar-refractivity contribution in [2.75, 3.05) is 32.1 Å². The number of H-pyrrole nitrogens is 1. The summed E-state index contributed by atoms with van der Waals surface area (Å²) in [6.45, 7) is 5.53. The van der Waals surface area contributed by atoms with Gasteiger partial charge in [0, 0.05) is 25.2 Å². The molecule has 30 heavy (non-hydrogen) atoms. The molecule has 1 aromatic heterocycles. The van der Waals surface area contributed by atoms with Crippen LogP contribution in [0, 0.1) is 22.7 Å². The molecular weight excluding hydrogens is 382 g/mol. The van der Waals surface area contributed by atoms with Crippen molar-refractivity contribution in [3.8, 4) is 11.8 Å². The van der Waals surface area contributed by atoms with Gasteiger partial charge in [0.15, 0.2) is 5.75 Å². The third-order valence-electron chi connectivity index (χ3n) is 6.57. The molecule has 2 N–H and O–H groups in total. The lowest BCUT2D eigenvalue weighted by atomic mass is 9.78. The highest BCUT2D eigenvalue weighted by atomic mass is 16.5. The van der Waals surface area contributed by atoms with Gasteiger partial charge in [-0.3, -0.25) is 14.3 Å². The number of anilines is 1. The van der Waals surface area contributed by atoms with Gasteiger partial charge in [0.25, 0.3) is 5.56 Å². The topological polar surface area (TPSA) is 103 Å². The van der Waals surface area contributed by atoms with E-state index in [0.29, 0.717) is 22.6 Å². The van der Waals surface area contributed by atoms with E-state index in [1.54, 1.807) is 17.7 Å². The molecule has 0 spiro atoms. The maximum atomic E-state index is 12.6. The second kappa shape index (κ2) is 7.47. The van der Waals surface area contributed by atoms with Crippen LogP contribution in [0.3, 0.4) is 0 Å². The maximum absolute atomic E-state index is 12.6. The standard InChI is InChI=1S/C22H29N5O3/c1-22(2,12-23)19(24-3)13-9-10-26(11-13)16-8-7-15-17(18(16)30-4)27(14-5-6-14)21(29)25-20(15)28/h7-8,13-14,19,24H,5-6,9-11H2,1-4H3,(H,25,28,29). The summed E-state index contributed by atoms with van der Waals surface area (Å²) in [4.78, 5) is 29.7. The summed E-state index contributed by atoms with van der Waals surface area (Å²) in [7, 11) is 3.49. The highest BCUT2D eigenvalue weighted by Crippen LogP contribution is 2.42. The van der Waals surface area contributed by atoms with Gasteiger partial charge in [-0.25, -0.2) is 4.79 Å². The van der Waals surface area contributed by atoms with Crippen LogP contribution in [0.15, 0.2) is 21.7 Å². The van der Waals surface area contributed by atoms with E-state index in [4.69, 9.17) is 4.74 Å². The van der Waals surface area contributed by atoms with Crippen LogP contribution in [0.2, 0.25) is 0 Å². The van der Waals surface area contributed by atoms with Gasteiger partial charge in [0.1, 0.15) is 5.52 Å². The van der Waals surface area contributed by atoms with Crippen LogP contribution >= 0.6 is 0 Å². The first-order valence-electron chi connectivity index (χ1n) is 10.5. The molecule has 1 saturated heterocycles. The Morgan fingerprint density at radius 3 is 2.63 bits per heavy atom. The number of rotatable bonds is 6. The minimum absolute atomic E-state index is 0.0615. The molecule has 2 aromatic rings. The molecule has 2 aliphatic rings. The molecule has 1 aliphatic heterocycles. The van der Waals surface area contributed by atoms with E-state index in [9.17, 15) is 14.9 Å². The molecule has 2 unspecified atom stereocenters. The fourth-order valence-corrected chi connectivity index (χ4v) is 4.97. The van der Waals surface area contributed by atoms with Crippen molar-refractivity contribution in [3.05, 3.63) is 33.0 Å². The van der Waals surface area contributed by atoms with E-state index in [0.717, 1.165) is 38.0 Å². The zero-order valence-electron chi connectivity index (χ0n) is 18.0. The van der Waals surface area contributed by atoms with Gasteiger partial charge in [-0.15, -0.1) is 0 Å². The number of aromatic nitrogens is 2. The highest BCUT2D eigenvalue weighted by molar-refractivity contribution is 5.90. The quantitative estimate of drug-likeness (QED) is 0.754. The predicted molar refractivity (Wildman–Crippen MR) is 116 cm³/mol. The van der Waals surface area contributed by atoms with Gasteiger partial charge < -0.3 is 15.0 Å². The average Bonchev–Trinajstić information content (AvgIpc) is 3.44. The van der Waals surface area contributed by atoms with Crippen LogP contribution in [-0.2, 0) is 0 Å². The van der Waals surface area contributed by atoms with Crippen molar-refractivity contribution in [2.24, 2.45) is 11.3 Å². The number of ether oxygens (including phenoxy) is 1. The van der Waals surface area contributed by atoms with Crippen molar-refractivity contribution >= 4 is 16.6 Å². The van der Waals surface area contributed by atoms with E-state index in [2.05, 4.69) is 21.3 Å². The smallest absolute Gasteiger partial charge is 0.329 e. The molecule has 1 aliphatic carbocycles. The van der Waals surface area contributed by atoms with Crippen molar-refractivity contribution in [1.82, 2.24) is 14.9 Å². The number of benzene rings is 1. The van der Waals surface area contributed by atoms with E-state index in [-0.39, 0.29) is 23.3 Å². The van der Waals surface area contributed by atoms with E-state index >= 15 is 0 Å². The minimum atomic E-state index is -0.483. The van der Waals surface area contributed by atoms with Crippen LogP contribution in [-0.4, -0.2) is 42.8 Å². The number of aromatic amines is 1. The molecule has 2 heterocycles. The predicted octanol–water partition coefficient (Wildman–Crippen LogP) is 2.00. The Kier molecular flexibility index (Phi) is 5.10. The molecule has 4 rings (SSSR count). The van der Waals surface area contributed by atoms with Crippen molar-refractivity contribution in [1.29, 1.82) is 5.26 Å². The fourth-order valence-electron chi connectivity index (χ4n) is 4.97. The van der Waals surface area contributed by atoms with Crippen molar-refractivity contribution in [3.63, 3.8) is 0 Å². The molecule has 8 heteroatoms. The lowest BCUT2D eigenvalue weighted by molar-refractivity contribution is 0.253. The Labute approximate surface area is 175 Å². The van der Waals surface area contributed by atoms with Gasteiger partial charge in [-0.2, -0.15) is 5.26 Å². The largest absolute Gasteiger partial charge is 0.492 e. The second-order valence-electron chi connectivity index (χ2n) is 8.97. The summed E-state index contributed by atoms with van der Waals surface area (Å²) in [6, 6.07) is 6.29. The lowest BCUT2D eigenvalue weighted by Gasteiger charge is -2.33. The Morgan fingerprint density at radius 2 is 2.03 bits per heavy atom. The van der Waals surface area contributed by atoms with Gasteiger partial charge in [0.05, 0.1) is 29.7 Å². The highest BCUT2D eigenvalue weighted by Gasteiger charge is 2.39. The Bertz CT molecular complexity index is 1120. The number of nitrogens with zero attached hydrogens (tertiary/aromatic N) is 3. The lowest BCUT2D eigenvalue weighted by Crippen LogP contribution is -2.46. The number of hydrogen-bond acceptors (Lipinski definition) is 6. The van der Waals surface area contributed by atoms with Gasteiger partial charge in [-0.1, -0.05) is 0 Å². The monoisotopic (exact) mass is 411 g/mol. The number of nitriles is 1. The third kappa shape index (κ3) is 3.27. The number of methoxy groups -OCH3 is 1. The first-order valence-corrected chi connectivity index (χ1v) is 10.5. The molecule has 1 aromatic carbocycles. The normalized spacial score (nSPS) is 20.4. The number of hydrogen-bond donors (Lipinski definition) is 2. The van der Waals surface area contributed by atoms with E-state index < -0.39 is 5.41 Å². The van der Waals surface area contributed by atoms with Gasteiger partial charge >= 0.3 is 5.69 Å². The van der Waals surface area contributed by atoms with Gasteiger partial charge in [-0.05, 0) is 58.2 Å². The molecule has 160 valence electrons. The molecule has 2 fully saturated rings. The first-order chi connectivity index (χ1) is 14.3. The molecule has 0 amide bonds. The summed E-state index contributed by atoms with van der Waals surface area (Å²) >= 11 is 0. The number of fused-ring (bicyclic) bond motifs is 1. The van der Waals surface area contributed by atoms with Crippen LogP contribution in [0.25, 0.3) is 10.9 Å². The molecular formula is C22H29N5O3. The summed E-state index contributed by atoms with van der Waals surface area (Å²) in [5, 5.41) is 13.4. The molecule has 0 bridgehead atoms. The average molecular weight is 412 g/mol. The molecule has 0 radical (unpaired) electrons. The zero-order valence-corrected chi connectivity index (χ0v) is 18.0. The van der Waals surface area contributed by atoms with Crippen LogP contribution < -0.4 is 26.2 Å². The molecule has 1 saturated carbocycles. The summed E-state index contributed by atoms with van der Waals surface area (Å²) < 4.78 is 7.47. The van der Waals surface area contributed by atoms with Crippen LogP contribution in [0.4, 0.5) is 5.69 Å². The second-order valence-corrected chi connectivity index (χ2v) is 8.97. The summed E-state index contributed by atoms with van der Waals surface area (Å²) in [5.74, 6) is 0.874. The van der Waals surface area contributed by atoms with E-state index in [1.165, 1.54) is 0 Å². The Hall–Kier alpha value is -2.79. The minimum Gasteiger partial charge on any atom is -0.492 e. The first kappa shape index (κ1) is 20.5. The SMILES string of the molecule is CNC(C1CCN(c2ccc3c(=O)[nH]c(=O)n(C4CC4)c3c2OC)C1)C(C)(C)C#N. The van der Waals surface area contributed by atoms with Gasteiger partial charge in [0.2, 0.25) is 0 Å². The summed E-state index contributed by atoms with van der Waals surface area (Å²) in [6.07, 6.45) is 2.79.